The van der Waals surface area contributed by atoms with E-state index >= 15 is 0 Å². The number of fused-ring (bicyclic) bond motifs is 1. The van der Waals surface area contributed by atoms with Gasteiger partial charge < -0.3 is 25.2 Å². The fourth-order valence-corrected chi connectivity index (χ4v) is 3.24. The van der Waals surface area contributed by atoms with Gasteiger partial charge in [-0.1, -0.05) is 0 Å². The highest BCUT2D eigenvalue weighted by molar-refractivity contribution is 5.96. The number of aliphatic carboxylic acids is 1. The number of hydrogen-bond acceptors (Lipinski definition) is 5. The van der Waals surface area contributed by atoms with Gasteiger partial charge in [-0.25, -0.2) is 14.6 Å². The molecule has 2 aromatic heterocycles. The van der Waals surface area contributed by atoms with Gasteiger partial charge in [-0.3, -0.25) is 9.89 Å². The lowest BCUT2D eigenvalue weighted by molar-refractivity contribution is -0.192. The van der Waals surface area contributed by atoms with Gasteiger partial charge in [0.15, 0.2) is 0 Å². The van der Waals surface area contributed by atoms with Crippen LogP contribution < -0.4 is 10.6 Å². The Bertz CT molecular complexity index is 1220. The number of imidazole rings is 1. The summed E-state index contributed by atoms with van der Waals surface area (Å²) in [5.41, 5.74) is 3.75. The van der Waals surface area contributed by atoms with Crippen molar-refractivity contribution in [3.63, 3.8) is 0 Å². The third-order valence-corrected chi connectivity index (χ3v) is 5.46. The molecular weight excluding hydrogens is 471 g/mol. The maximum Gasteiger partial charge on any atom is 0.490 e. The maximum atomic E-state index is 12.4. The van der Waals surface area contributed by atoms with Gasteiger partial charge in [0.05, 0.1) is 29.7 Å². The lowest BCUT2D eigenvalue weighted by atomic mass is 9.99. The summed E-state index contributed by atoms with van der Waals surface area (Å²) in [6.07, 6.45) is -1.59. The van der Waals surface area contributed by atoms with E-state index in [1.807, 2.05) is 36.6 Å². The number of benzene rings is 1. The van der Waals surface area contributed by atoms with Crippen LogP contribution in [0.1, 0.15) is 11.4 Å². The predicted octanol–water partition coefficient (Wildman–Crippen LogP) is 2.29. The van der Waals surface area contributed by atoms with Crippen molar-refractivity contribution in [3.05, 3.63) is 42.1 Å². The molecular formula is C21H24F3N7O4. The minimum atomic E-state index is -5.08. The highest BCUT2D eigenvalue weighted by Crippen LogP contribution is 2.21. The van der Waals surface area contributed by atoms with Crippen LogP contribution in [0.15, 0.2) is 30.7 Å². The van der Waals surface area contributed by atoms with Crippen LogP contribution in [-0.4, -0.2) is 73.5 Å². The van der Waals surface area contributed by atoms with Crippen molar-refractivity contribution in [1.29, 1.82) is 0 Å². The average Bonchev–Trinajstić information content (AvgIpc) is 3.33. The van der Waals surface area contributed by atoms with Gasteiger partial charge in [0.25, 0.3) is 0 Å². The Morgan fingerprint density at radius 2 is 1.91 bits per heavy atom. The molecule has 3 heterocycles. The van der Waals surface area contributed by atoms with Crippen molar-refractivity contribution >= 4 is 34.5 Å². The van der Waals surface area contributed by atoms with Crippen LogP contribution >= 0.6 is 0 Å². The molecule has 4 N–H and O–H groups in total. The molecule has 0 radical (unpaired) electrons. The number of aromatic nitrogens is 4. The highest BCUT2D eigenvalue weighted by atomic mass is 19.4. The van der Waals surface area contributed by atoms with E-state index in [1.54, 1.807) is 17.4 Å². The molecule has 1 aliphatic heterocycles. The van der Waals surface area contributed by atoms with E-state index in [0.717, 1.165) is 28.0 Å². The third kappa shape index (κ3) is 6.49. The van der Waals surface area contributed by atoms with Crippen LogP contribution in [0.5, 0.6) is 0 Å². The van der Waals surface area contributed by atoms with Crippen LogP contribution in [0.25, 0.3) is 10.9 Å². The number of nitrogens with one attached hydrogen (secondary N) is 3. The quantitative estimate of drug-likeness (QED) is 0.427. The number of urea groups is 1. The summed E-state index contributed by atoms with van der Waals surface area (Å²) >= 11 is 0. The topological polar surface area (TPSA) is 145 Å². The number of alkyl halides is 3. The number of nitrogens with zero attached hydrogens (tertiary/aromatic N) is 4. The Kier molecular flexibility index (Phi) is 7.62. The monoisotopic (exact) mass is 495 g/mol. The summed E-state index contributed by atoms with van der Waals surface area (Å²) < 4.78 is 33.7. The zero-order valence-corrected chi connectivity index (χ0v) is 18.9. The minimum absolute atomic E-state index is 0.0728. The Hall–Kier alpha value is -4.10. The van der Waals surface area contributed by atoms with Crippen LogP contribution in [0, 0.1) is 19.8 Å². The van der Waals surface area contributed by atoms with Gasteiger partial charge in [0.1, 0.15) is 0 Å². The number of aromatic amines is 1. The van der Waals surface area contributed by atoms with Crippen LogP contribution in [0.2, 0.25) is 0 Å². The second kappa shape index (κ2) is 10.4. The summed E-state index contributed by atoms with van der Waals surface area (Å²) in [5.74, 6) is -3.02. The molecule has 3 aromatic rings. The van der Waals surface area contributed by atoms with E-state index in [1.165, 1.54) is 0 Å². The van der Waals surface area contributed by atoms with Crippen LogP contribution in [-0.2, 0) is 16.1 Å². The number of carboxylic acids is 1. The molecule has 35 heavy (non-hydrogen) atoms. The summed E-state index contributed by atoms with van der Waals surface area (Å²) in [4.78, 5) is 39.4. The molecule has 1 saturated heterocycles. The first-order valence-electron chi connectivity index (χ1n) is 10.5. The number of carbonyl (C=O) groups is 3. The number of halogens is 3. The number of amides is 3. The summed E-state index contributed by atoms with van der Waals surface area (Å²) in [7, 11) is 0. The molecule has 3 amide bonds. The second-order valence-electron chi connectivity index (χ2n) is 7.91. The Balaban J connectivity index is 0.000000429. The second-order valence-corrected chi connectivity index (χ2v) is 7.91. The van der Waals surface area contributed by atoms with Gasteiger partial charge in [-0.2, -0.15) is 18.3 Å². The van der Waals surface area contributed by atoms with Gasteiger partial charge in [-0.05, 0) is 32.0 Å². The van der Waals surface area contributed by atoms with E-state index < -0.39 is 12.1 Å². The molecule has 14 heteroatoms. The summed E-state index contributed by atoms with van der Waals surface area (Å²) in [5, 5.41) is 20.7. The minimum Gasteiger partial charge on any atom is -0.475 e. The fraction of sp³-hybridized carbons (Fsp3) is 0.381. The number of anilines is 1. The van der Waals surface area contributed by atoms with Crippen molar-refractivity contribution in [3.8, 4) is 0 Å². The van der Waals surface area contributed by atoms with Crippen LogP contribution in [0.4, 0.5) is 23.7 Å². The molecule has 188 valence electrons. The number of rotatable bonds is 5. The number of aryl methyl sites for hydroxylation is 1. The van der Waals surface area contributed by atoms with E-state index in [0.29, 0.717) is 26.2 Å². The number of likely N-dealkylation sites (tertiary alicyclic amines) is 1. The molecule has 0 saturated carbocycles. The zero-order chi connectivity index (χ0) is 25.8. The molecule has 0 aliphatic carbocycles. The van der Waals surface area contributed by atoms with Gasteiger partial charge >= 0.3 is 18.2 Å². The Morgan fingerprint density at radius 1 is 1.23 bits per heavy atom. The first-order chi connectivity index (χ1) is 16.5. The molecule has 0 spiro atoms. The predicted molar refractivity (Wildman–Crippen MR) is 119 cm³/mol. The van der Waals surface area contributed by atoms with Gasteiger partial charge in [0.2, 0.25) is 5.91 Å². The SMILES string of the molecule is Cc1ncn(CCNC(=O)N2CC(C(=O)Nc3ccc4[nH]ncc4c3)C2)c1C.O=C(O)C(F)(F)F. The Morgan fingerprint density at radius 3 is 2.51 bits per heavy atom. The lowest BCUT2D eigenvalue weighted by Gasteiger charge is -2.38. The van der Waals surface area contributed by atoms with Gasteiger partial charge in [0, 0.05) is 42.9 Å². The smallest absolute Gasteiger partial charge is 0.475 e. The van der Waals surface area contributed by atoms with E-state index in [4.69, 9.17) is 9.90 Å². The van der Waals surface area contributed by atoms with Gasteiger partial charge in [-0.15, -0.1) is 0 Å². The zero-order valence-electron chi connectivity index (χ0n) is 18.9. The largest absolute Gasteiger partial charge is 0.490 e. The summed E-state index contributed by atoms with van der Waals surface area (Å²) in [6.45, 7) is 6.01. The number of hydrogen-bond donors (Lipinski definition) is 4. The molecule has 0 bridgehead atoms. The van der Waals surface area contributed by atoms with Crippen molar-refractivity contribution in [2.45, 2.75) is 26.6 Å². The first-order valence-corrected chi connectivity index (χ1v) is 10.5. The van der Waals surface area contributed by atoms with Crippen molar-refractivity contribution in [1.82, 2.24) is 30.0 Å². The molecule has 1 aliphatic rings. The standard InChI is InChI=1S/C19H23N7O2.C2HF3O2/c1-12-13(2)25(11-21-12)6-5-20-19(28)26-9-15(10-26)18(27)23-16-3-4-17-14(7-16)8-22-24-17;3-2(4,5)1(6)7/h3-4,7-8,11,15H,5-6,9-10H2,1-2H3,(H,20,28)(H,22,24)(H,23,27);(H,6,7). The van der Waals surface area contributed by atoms with Crippen molar-refractivity contribution < 1.29 is 32.7 Å². The Labute approximate surface area is 197 Å². The van der Waals surface area contributed by atoms with Crippen molar-refractivity contribution in [2.24, 2.45) is 5.92 Å². The molecule has 11 nitrogen and oxygen atoms in total. The van der Waals surface area contributed by atoms with Crippen molar-refractivity contribution in [2.75, 3.05) is 25.0 Å². The lowest BCUT2D eigenvalue weighted by Crippen LogP contribution is -2.57. The summed E-state index contributed by atoms with van der Waals surface area (Å²) in [6, 6.07) is 5.45. The molecule has 0 unspecified atom stereocenters. The number of carboxylic acid groups (broad SMARTS) is 1. The normalized spacial score (nSPS) is 13.6. The molecule has 4 rings (SSSR count). The average molecular weight is 495 g/mol. The maximum absolute atomic E-state index is 12.4. The van der Waals surface area contributed by atoms with Crippen LogP contribution in [0.3, 0.4) is 0 Å². The molecule has 1 aromatic carbocycles. The fourth-order valence-electron chi connectivity index (χ4n) is 3.24. The highest BCUT2D eigenvalue weighted by Gasteiger charge is 2.38. The first kappa shape index (κ1) is 25.5. The van der Waals surface area contributed by atoms with E-state index in [2.05, 4.69) is 25.8 Å². The molecule has 0 atom stereocenters. The number of H-pyrrole nitrogens is 1. The molecule has 1 fully saturated rings. The third-order valence-electron chi connectivity index (χ3n) is 5.46. The van der Waals surface area contributed by atoms with E-state index in [-0.39, 0.29) is 17.9 Å². The number of carbonyl (C=O) groups excluding carboxylic acids is 2. The van der Waals surface area contributed by atoms with E-state index in [9.17, 15) is 22.8 Å².